The van der Waals surface area contributed by atoms with Gasteiger partial charge in [0.2, 0.25) is 5.88 Å². The molecule has 0 aromatic carbocycles. The summed E-state index contributed by atoms with van der Waals surface area (Å²) in [5.74, 6) is 0.619. The van der Waals surface area contributed by atoms with Crippen LogP contribution in [0.2, 0.25) is 18.1 Å². The van der Waals surface area contributed by atoms with E-state index in [0.717, 1.165) is 10.3 Å². The second-order valence-electron chi connectivity index (χ2n) is 6.24. The van der Waals surface area contributed by atoms with Crippen molar-refractivity contribution in [2.75, 3.05) is 13.2 Å². The monoisotopic (exact) mass is 309 g/mol. The van der Waals surface area contributed by atoms with Gasteiger partial charge in [-0.1, -0.05) is 32.1 Å². The molecule has 2 aromatic heterocycles. The molecule has 2 rings (SSSR count). The molecule has 1 radical (unpaired) electrons. The first-order valence-corrected chi connectivity index (χ1v) is 10.4. The highest BCUT2D eigenvalue weighted by Gasteiger charge is 2.36. The van der Waals surface area contributed by atoms with Gasteiger partial charge in [-0.15, -0.1) is 0 Å². The first kappa shape index (κ1) is 15.4. The normalized spacial score (nSPS) is 12.8. The van der Waals surface area contributed by atoms with Gasteiger partial charge in [0.15, 0.2) is 13.8 Å². The number of fused-ring (bicyclic) bond motifs is 1. The van der Waals surface area contributed by atoms with Crippen molar-refractivity contribution in [2.45, 2.75) is 38.9 Å². The summed E-state index contributed by atoms with van der Waals surface area (Å²) in [6.45, 7) is 12.3. The minimum absolute atomic E-state index is 0.225. The summed E-state index contributed by atoms with van der Waals surface area (Å²) in [5, 5.41) is 0.225. The average Bonchev–Trinajstić information content (AvgIpc) is 2.80. The van der Waals surface area contributed by atoms with Gasteiger partial charge >= 0.3 is 0 Å². The molecule has 0 aliphatic rings. The van der Waals surface area contributed by atoms with Gasteiger partial charge in [-0.2, -0.15) is 0 Å². The van der Waals surface area contributed by atoms with Crippen LogP contribution in [-0.2, 0) is 4.43 Å². The molecule has 2 heterocycles. The molecule has 0 aliphatic heterocycles. The van der Waals surface area contributed by atoms with Gasteiger partial charge in [0.25, 0.3) is 0 Å². The topological polar surface area (TPSA) is 44.2 Å². The molecule has 0 amide bonds. The molecular weight excluding hydrogens is 288 g/mol. The summed E-state index contributed by atoms with van der Waals surface area (Å²) < 4.78 is 11.7. The van der Waals surface area contributed by atoms with Gasteiger partial charge < -0.3 is 9.16 Å². The second kappa shape index (κ2) is 5.79. The standard InChI is InChI=1S/C14H21N2O2SSi/c1-14(2,3)20(4,5)18-9-8-17-12-7-6-11-13(16-12)19-10-15-11/h6-7H,8-9H2,1-5H3. The van der Waals surface area contributed by atoms with Gasteiger partial charge in [0.05, 0.1) is 6.61 Å². The lowest BCUT2D eigenvalue weighted by molar-refractivity contribution is 0.199. The summed E-state index contributed by atoms with van der Waals surface area (Å²) in [7, 11) is -1.69. The van der Waals surface area contributed by atoms with Crippen molar-refractivity contribution in [1.29, 1.82) is 0 Å². The molecule has 0 atom stereocenters. The molecule has 109 valence electrons. The predicted molar refractivity (Wildman–Crippen MR) is 84.9 cm³/mol. The molecule has 0 saturated heterocycles. The highest BCUT2D eigenvalue weighted by atomic mass is 32.1. The zero-order chi connectivity index (χ0) is 14.8. The van der Waals surface area contributed by atoms with Crippen LogP contribution >= 0.6 is 11.3 Å². The van der Waals surface area contributed by atoms with Crippen molar-refractivity contribution in [3.8, 4) is 5.88 Å². The van der Waals surface area contributed by atoms with Crippen LogP contribution in [0.15, 0.2) is 12.1 Å². The van der Waals surface area contributed by atoms with Gasteiger partial charge in [0, 0.05) is 6.07 Å². The predicted octanol–water partition coefficient (Wildman–Crippen LogP) is 3.89. The van der Waals surface area contributed by atoms with Crippen LogP contribution in [0.5, 0.6) is 5.88 Å². The maximum Gasteiger partial charge on any atom is 0.214 e. The maximum absolute atomic E-state index is 6.06. The minimum atomic E-state index is -1.69. The quantitative estimate of drug-likeness (QED) is 0.621. The third-order valence-corrected chi connectivity index (χ3v) is 8.94. The summed E-state index contributed by atoms with van der Waals surface area (Å²) in [4.78, 5) is 9.30. The Balaban J connectivity index is 1.84. The van der Waals surface area contributed by atoms with Crippen LogP contribution in [0.3, 0.4) is 0 Å². The van der Waals surface area contributed by atoms with Crippen LogP contribution in [0.25, 0.3) is 10.3 Å². The van der Waals surface area contributed by atoms with Crippen LogP contribution in [0.4, 0.5) is 0 Å². The SMILES string of the molecule is CC(C)(C)[Si](C)(C)OCCOc1ccc2n[c]sc2n1. The van der Waals surface area contributed by atoms with Crippen molar-refractivity contribution in [1.82, 2.24) is 9.97 Å². The number of hydrogen-bond acceptors (Lipinski definition) is 5. The second-order valence-corrected chi connectivity index (χ2v) is 11.8. The molecule has 0 unspecified atom stereocenters. The third kappa shape index (κ3) is 3.56. The number of thiazole rings is 1. The molecule has 20 heavy (non-hydrogen) atoms. The zero-order valence-electron chi connectivity index (χ0n) is 12.7. The number of nitrogens with zero attached hydrogens (tertiary/aromatic N) is 2. The number of pyridine rings is 1. The van der Waals surface area contributed by atoms with Gasteiger partial charge in [0.1, 0.15) is 17.0 Å². The highest BCUT2D eigenvalue weighted by Crippen LogP contribution is 2.36. The molecule has 4 nitrogen and oxygen atoms in total. The number of rotatable bonds is 5. The first-order valence-electron chi connectivity index (χ1n) is 6.70. The molecule has 0 bridgehead atoms. The molecule has 0 aliphatic carbocycles. The highest BCUT2D eigenvalue weighted by molar-refractivity contribution is 7.15. The van der Waals surface area contributed by atoms with E-state index in [0.29, 0.717) is 19.1 Å². The van der Waals surface area contributed by atoms with Crippen LogP contribution < -0.4 is 4.74 Å². The Morgan fingerprint density at radius 2 is 2.00 bits per heavy atom. The van der Waals surface area contributed by atoms with Crippen molar-refractivity contribution < 1.29 is 9.16 Å². The molecule has 6 heteroatoms. The lowest BCUT2D eigenvalue weighted by atomic mass is 10.2. The average molecular weight is 309 g/mol. The molecule has 0 saturated carbocycles. The van der Waals surface area contributed by atoms with Crippen molar-refractivity contribution >= 4 is 30.0 Å². The number of ether oxygens (including phenoxy) is 1. The summed E-state index contributed by atoms with van der Waals surface area (Å²) in [5.41, 5.74) is 3.68. The number of aromatic nitrogens is 2. The summed E-state index contributed by atoms with van der Waals surface area (Å²) in [6, 6.07) is 3.74. The van der Waals surface area contributed by atoms with Gasteiger partial charge in [-0.3, -0.25) is 0 Å². The van der Waals surface area contributed by atoms with Crippen molar-refractivity contribution in [3.05, 3.63) is 17.6 Å². The molecule has 0 N–H and O–H groups in total. The van der Waals surface area contributed by atoms with Crippen LogP contribution in [0.1, 0.15) is 20.8 Å². The van der Waals surface area contributed by atoms with E-state index in [9.17, 15) is 0 Å². The van der Waals surface area contributed by atoms with E-state index in [4.69, 9.17) is 9.16 Å². The Bertz CT molecular complexity index is 578. The first-order chi connectivity index (χ1) is 9.29. The van der Waals surface area contributed by atoms with E-state index in [-0.39, 0.29) is 5.04 Å². The fraction of sp³-hybridized carbons (Fsp3) is 0.571. The van der Waals surface area contributed by atoms with Crippen LogP contribution in [-0.4, -0.2) is 31.5 Å². The Kier molecular flexibility index (Phi) is 4.46. The van der Waals surface area contributed by atoms with Gasteiger partial charge in [-0.05, 0) is 24.2 Å². The van der Waals surface area contributed by atoms with E-state index in [1.165, 1.54) is 11.3 Å². The van der Waals surface area contributed by atoms with Crippen molar-refractivity contribution in [3.63, 3.8) is 0 Å². The fourth-order valence-electron chi connectivity index (χ4n) is 1.43. The van der Waals surface area contributed by atoms with Crippen LogP contribution in [0, 0.1) is 5.51 Å². The zero-order valence-corrected chi connectivity index (χ0v) is 14.5. The largest absolute Gasteiger partial charge is 0.475 e. The van der Waals surface area contributed by atoms with Crippen molar-refractivity contribution in [2.24, 2.45) is 0 Å². The van der Waals surface area contributed by atoms with E-state index in [1.54, 1.807) is 0 Å². The Morgan fingerprint density at radius 3 is 2.70 bits per heavy atom. The van der Waals surface area contributed by atoms with E-state index < -0.39 is 8.32 Å². The summed E-state index contributed by atoms with van der Waals surface area (Å²) in [6.07, 6.45) is 0. The molecule has 0 spiro atoms. The number of hydrogen-bond donors (Lipinski definition) is 0. The lowest BCUT2D eigenvalue weighted by Crippen LogP contribution is -2.41. The minimum Gasteiger partial charge on any atom is -0.475 e. The molecular formula is C14H21N2O2SSi. The lowest BCUT2D eigenvalue weighted by Gasteiger charge is -2.36. The van der Waals surface area contributed by atoms with E-state index in [1.807, 2.05) is 12.1 Å². The fourth-order valence-corrected chi connectivity index (χ4v) is 3.04. The van der Waals surface area contributed by atoms with Gasteiger partial charge in [-0.25, -0.2) is 9.97 Å². The van der Waals surface area contributed by atoms with E-state index >= 15 is 0 Å². The Morgan fingerprint density at radius 1 is 1.25 bits per heavy atom. The maximum atomic E-state index is 6.06. The summed E-state index contributed by atoms with van der Waals surface area (Å²) >= 11 is 1.40. The third-order valence-electron chi connectivity index (χ3n) is 3.73. The van der Waals surface area contributed by atoms with E-state index in [2.05, 4.69) is 49.3 Å². The Hall–Kier alpha value is -0.983. The smallest absolute Gasteiger partial charge is 0.214 e. The molecule has 2 aromatic rings. The molecule has 0 fully saturated rings. The Labute approximate surface area is 125 Å².